The maximum atomic E-state index is 12.5. The lowest BCUT2D eigenvalue weighted by Gasteiger charge is -2.24. The van der Waals surface area contributed by atoms with Crippen LogP contribution < -0.4 is 15.4 Å². The minimum atomic E-state index is -3.80. The van der Waals surface area contributed by atoms with Gasteiger partial charge in [-0.2, -0.15) is 4.72 Å². The second-order valence-electron chi connectivity index (χ2n) is 7.28. The van der Waals surface area contributed by atoms with Crippen LogP contribution in [0.5, 0.6) is 0 Å². The fraction of sp³-hybridized carbons (Fsp3) is 0.273. The average molecular weight is 428 g/mol. The Labute approximate surface area is 177 Å². The molecule has 0 saturated carbocycles. The number of terminal acetylenes is 1. The van der Waals surface area contributed by atoms with E-state index in [1.807, 2.05) is 20.8 Å². The number of anilines is 1. The summed E-state index contributed by atoms with van der Waals surface area (Å²) < 4.78 is 26.6. The normalized spacial score (nSPS) is 11.4. The van der Waals surface area contributed by atoms with E-state index in [0.29, 0.717) is 11.3 Å². The Bertz CT molecular complexity index is 1070. The number of carbonyl (C=O) groups excluding carboxylic acids is 2. The van der Waals surface area contributed by atoms with Crippen LogP contribution in [0, 0.1) is 12.3 Å². The molecule has 7 nitrogen and oxygen atoms in total. The van der Waals surface area contributed by atoms with Crippen molar-refractivity contribution in [2.24, 2.45) is 0 Å². The molecule has 0 aromatic heterocycles. The quantitative estimate of drug-likeness (QED) is 0.564. The van der Waals surface area contributed by atoms with Crippen molar-refractivity contribution in [1.82, 2.24) is 10.0 Å². The Morgan fingerprint density at radius 2 is 1.70 bits per heavy atom. The first-order valence-electron chi connectivity index (χ1n) is 9.35. The number of nitrogens with one attached hydrogen (secondary N) is 3. The molecule has 158 valence electrons. The number of hydrogen-bond donors (Lipinski definition) is 3. The maximum Gasteiger partial charge on any atom is 0.255 e. The van der Waals surface area contributed by atoms with Gasteiger partial charge in [-0.15, -0.1) is 6.42 Å². The highest BCUT2D eigenvalue weighted by molar-refractivity contribution is 7.89. The molecule has 3 N–H and O–H groups in total. The summed E-state index contributed by atoms with van der Waals surface area (Å²) in [7, 11) is -3.80. The van der Waals surface area contributed by atoms with Crippen LogP contribution in [0.25, 0.3) is 0 Å². The molecule has 30 heavy (non-hydrogen) atoms. The van der Waals surface area contributed by atoms with Gasteiger partial charge in [0.15, 0.2) is 0 Å². The zero-order valence-electron chi connectivity index (χ0n) is 17.2. The Hall–Kier alpha value is -3.15. The topological polar surface area (TPSA) is 104 Å². The van der Waals surface area contributed by atoms with Crippen molar-refractivity contribution in [3.05, 3.63) is 59.7 Å². The lowest BCUT2D eigenvalue weighted by molar-refractivity contribution is 0.0910. The monoisotopic (exact) mass is 427 g/mol. The van der Waals surface area contributed by atoms with E-state index in [1.54, 1.807) is 24.3 Å². The van der Waals surface area contributed by atoms with Crippen LogP contribution in [-0.4, -0.2) is 32.3 Å². The van der Waals surface area contributed by atoms with Crippen LogP contribution in [-0.2, 0) is 10.0 Å². The van der Waals surface area contributed by atoms with Crippen molar-refractivity contribution in [1.29, 1.82) is 0 Å². The fourth-order valence-electron chi connectivity index (χ4n) is 2.40. The molecule has 0 heterocycles. The first-order chi connectivity index (χ1) is 14.1. The molecular weight excluding hydrogens is 402 g/mol. The van der Waals surface area contributed by atoms with Gasteiger partial charge in [-0.05, 0) is 62.7 Å². The number of benzene rings is 2. The lowest BCUT2D eigenvalue weighted by atomic mass is 10.0. The molecular formula is C22H25N3O4S. The summed E-state index contributed by atoms with van der Waals surface area (Å²) in [4.78, 5) is 24.8. The Morgan fingerprint density at radius 3 is 2.30 bits per heavy atom. The standard InChI is InChI=1S/C22H25N3O4S/c1-5-14-23-30(28,29)19-9-7-8-17(15-19)20(26)24-18-12-10-16(11-13-18)21(27)25-22(3,4)6-2/h1,7-13,15,23H,6,14H2,2-4H3,(H,24,26)(H,25,27). The van der Waals surface area contributed by atoms with E-state index in [4.69, 9.17) is 6.42 Å². The summed E-state index contributed by atoms with van der Waals surface area (Å²) in [6.45, 7) is 5.73. The summed E-state index contributed by atoms with van der Waals surface area (Å²) >= 11 is 0. The van der Waals surface area contributed by atoms with Gasteiger partial charge < -0.3 is 10.6 Å². The Balaban J connectivity index is 2.11. The van der Waals surface area contributed by atoms with E-state index >= 15 is 0 Å². The molecule has 0 aliphatic rings. The molecule has 0 aliphatic carbocycles. The van der Waals surface area contributed by atoms with Gasteiger partial charge in [0, 0.05) is 22.4 Å². The van der Waals surface area contributed by atoms with E-state index < -0.39 is 15.9 Å². The molecule has 0 radical (unpaired) electrons. The minimum Gasteiger partial charge on any atom is -0.347 e. The summed E-state index contributed by atoms with van der Waals surface area (Å²) in [6.07, 6.45) is 5.87. The van der Waals surface area contributed by atoms with Gasteiger partial charge in [-0.25, -0.2) is 8.42 Å². The van der Waals surface area contributed by atoms with Crippen LogP contribution in [0.4, 0.5) is 5.69 Å². The molecule has 2 amide bonds. The van der Waals surface area contributed by atoms with Gasteiger partial charge in [0.25, 0.3) is 11.8 Å². The van der Waals surface area contributed by atoms with Crippen LogP contribution in [0.15, 0.2) is 53.4 Å². The molecule has 2 aromatic carbocycles. The maximum absolute atomic E-state index is 12.5. The van der Waals surface area contributed by atoms with Gasteiger partial charge in [0.2, 0.25) is 10.0 Å². The van der Waals surface area contributed by atoms with Crippen molar-refractivity contribution < 1.29 is 18.0 Å². The highest BCUT2D eigenvalue weighted by Crippen LogP contribution is 2.16. The molecule has 0 bridgehead atoms. The third-order valence-electron chi connectivity index (χ3n) is 4.51. The van der Waals surface area contributed by atoms with Gasteiger partial charge in [-0.1, -0.05) is 18.9 Å². The number of carbonyl (C=O) groups is 2. The molecule has 0 unspecified atom stereocenters. The largest absolute Gasteiger partial charge is 0.347 e. The number of rotatable bonds is 8. The number of amides is 2. The van der Waals surface area contributed by atoms with Crippen molar-refractivity contribution in [3.63, 3.8) is 0 Å². The molecule has 0 fully saturated rings. The van der Waals surface area contributed by atoms with E-state index in [1.165, 1.54) is 24.3 Å². The van der Waals surface area contributed by atoms with Crippen molar-refractivity contribution >= 4 is 27.5 Å². The van der Waals surface area contributed by atoms with Crippen LogP contribution >= 0.6 is 0 Å². The summed E-state index contributed by atoms with van der Waals surface area (Å²) in [5, 5.41) is 5.63. The molecule has 0 atom stereocenters. The summed E-state index contributed by atoms with van der Waals surface area (Å²) in [5.74, 6) is 1.52. The molecule has 0 aliphatic heterocycles. The molecule has 2 aromatic rings. The zero-order valence-corrected chi connectivity index (χ0v) is 18.0. The van der Waals surface area contributed by atoms with E-state index in [-0.39, 0.29) is 28.4 Å². The average Bonchev–Trinajstić information content (AvgIpc) is 2.72. The Kier molecular flexibility index (Phi) is 7.38. The third kappa shape index (κ3) is 6.17. The predicted octanol–water partition coefficient (Wildman–Crippen LogP) is 2.77. The van der Waals surface area contributed by atoms with Crippen LogP contribution in [0.1, 0.15) is 47.9 Å². The van der Waals surface area contributed by atoms with Crippen molar-refractivity contribution in [2.45, 2.75) is 37.6 Å². The molecule has 0 saturated heterocycles. The van der Waals surface area contributed by atoms with E-state index in [9.17, 15) is 18.0 Å². The molecule has 0 spiro atoms. The first kappa shape index (κ1) is 23.1. The van der Waals surface area contributed by atoms with Crippen LogP contribution in [0.3, 0.4) is 0 Å². The predicted molar refractivity (Wildman–Crippen MR) is 117 cm³/mol. The summed E-state index contributed by atoms with van der Waals surface area (Å²) in [6, 6.07) is 12.1. The third-order valence-corrected chi connectivity index (χ3v) is 5.91. The zero-order chi connectivity index (χ0) is 22.4. The van der Waals surface area contributed by atoms with Gasteiger partial charge >= 0.3 is 0 Å². The van der Waals surface area contributed by atoms with E-state index in [2.05, 4.69) is 21.3 Å². The molecule has 8 heteroatoms. The summed E-state index contributed by atoms with van der Waals surface area (Å²) in [5.41, 5.74) is 0.807. The Morgan fingerprint density at radius 1 is 1.03 bits per heavy atom. The van der Waals surface area contributed by atoms with Crippen molar-refractivity contribution in [3.8, 4) is 12.3 Å². The highest BCUT2D eigenvalue weighted by Gasteiger charge is 2.19. The number of hydrogen-bond acceptors (Lipinski definition) is 4. The van der Waals surface area contributed by atoms with Crippen molar-refractivity contribution in [2.75, 3.05) is 11.9 Å². The molecule has 2 rings (SSSR count). The highest BCUT2D eigenvalue weighted by atomic mass is 32.2. The number of sulfonamides is 1. The van der Waals surface area contributed by atoms with E-state index in [0.717, 1.165) is 6.42 Å². The first-order valence-corrected chi connectivity index (χ1v) is 10.8. The smallest absolute Gasteiger partial charge is 0.255 e. The second kappa shape index (κ2) is 9.57. The van der Waals surface area contributed by atoms with Gasteiger partial charge in [-0.3, -0.25) is 9.59 Å². The van der Waals surface area contributed by atoms with Gasteiger partial charge in [0.05, 0.1) is 11.4 Å². The second-order valence-corrected chi connectivity index (χ2v) is 9.05. The van der Waals surface area contributed by atoms with Gasteiger partial charge in [0.1, 0.15) is 0 Å². The SMILES string of the molecule is C#CCNS(=O)(=O)c1cccc(C(=O)Nc2ccc(C(=O)NC(C)(C)CC)cc2)c1. The minimum absolute atomic E-state index is 0.0593. The lowest BCUT2D eigenvalue weighted by Crippen LogP contribution is -2.42. The fourth-order valence-corrected chi connectivity index (χ4v) is 3.38. The van der Waals surface area contributed by atoms with Crippen LogP contribution in [0.2, 0.25) is 0 Å².